The van der Waals surface area contributed by atoms with E-state index < -0.39 is 11.9 Å². The molecule has 1 aliphatic heterocycles. The molecular weight excluding hydrogens is 593 g/mol. The summed E-state index contributed by atoms with van der Waals surface area (Å²) in [5.74, 6) is -1.40. The van der Waals surface area contributed by atoms with Crippen molar-refractivity contribution in [3.05, 3.63) is 98.5 Å². The van der Waals surface area contributed by atoms with Crippen molar-refractivity contribution in [2.45, 2.75) is 31.2 Å². The Kier molecular flexibility index (Phi) is 11.0. The van der Waals surface area contributed by atoms with Crippen LogP contribution in [0.4, 0.5) is 14.5 Å². The van der Waals surface area contributed by atoms with Gasteiger partial charge in [0.25, 0.3) is 0 Å². The summed E-state index contributed by atoms with van der Waals surface area (Å²) in [6, 6.07) is 15.2. The molecule has 3 N–H and O–H groups in total. The molecule has 1 heterocycles. The van der Waals surface area contributed by atoms with Gasteiger partial charge in [-0.1, -0.05) is 65.5 Å². The van der Waals surface area contributed by atoms with E-state index in [1.54, 1.807) is 24.3 Å². The van der Waals surface area contributed by atoms with Crippen molar-refractivity contribution in [2.75, 3.05) is 38.0 Å². The molecule has 11 heteroatoms. The lowest BCUT2D eigenvalue weighted by Gasteiger charge is -2.39. The SMILES string of the molecule is NC(=O)C1CN(CC(=O)Nc2c(Cl)cc(Cl)cc2Cl)CCN1CCCCC(c1ccc(F)cc1)c1ccc(F)cc1. The molecule has 6 nitrogen and oxygen atoms in total. The summed E-state index contributed by atoms with van der Waals surface area (Å²) in [5.41, 5.74) is 7.94. The van der Waals surface area contributed by atoms with Crippen LogP contribution in [-0.4, -0.2) is 60.4 Å². The molecule has 1 aliphatic rings. The van der Waals surface area contributed by atoms with Crippen molar-refractivity contribution in [1.82, 2.24) is 9.80 Å². The minimum atomic E-state index is -0.538. The summed E-state index contributed by atoms with van der Waals surface area (Å²) >= 11 is 18.3. The lowest BCUT2D eigenvalue weighted by molar-refractivity contribution is -0.127. The predicted octanol–water partition coefficient (Wildman–Crippen LogP) is 6.34. The van der Waals surface area contributed by atoms with Crippen LogP contribution in [0.25, 0.3) is 0 Å². The Morgan fingerprint density at radius 3 is 2.00 bits per heavy atom. The van der Waals surface area contributed by atoms with E-state index in [0.29, 0.717) is 31.2 Å². The first-order valence-corrected chi connectivity index (χ1v) is 14.4. The Hall–Kier alpha value is -2.75. The highest BCUT2D eigenvalue weighted by atomic mass is 35.5. The fraction of sp³-hybridized carbons (Fsp3) is 0.333. The Labute approximate surface area is 253 Å². The molecule has 0 radical (unpaired) electrons. The Morgan fingerprint density at radius 1 is 0.902 bits per heavy atom. The van der Waals surface area contributed by atoms with E-state index in [9.17, 15) is 18.4 Å². The molecule has 1 saturated heterocycles. The highest BCUT2D eigenvalue weighted by Crippen LogP contribution is 2.34. The van der Waals surface area contributed by atoms with Crippen molar-refractivity contribution < 1.29 is 18.4 Å². The minimum absolute atomic E-state index is 0.0128. The van der Waals surface area contributed by atoms with Crippen molar-refractivity contribution in [2.24, 2.45) is 5.73 Å². The molecule has 41 heavy (non-hydrogen) atoms. The number of nitrogens with two attached hydrogens (primary N) is 1. The number of hydrogen-bond donors (Lipinski definition) is 2. The number of unbranched alkanes of at least 4 members (excludes halogenated alkanes) is 1. The van der Waals surface area contributed by atoms with Crippen molar-refractivity contribution in [3.8, 4) is 0 Å². The van der Waals surface area contributed by atoms with Gasteiger partial charge in [-0.3, -0.25) is 19.4 Å². The number of amides is 2. The van der Waals surface area contributed by atoms with Gasteiger partial charge in [-0.25, -0.2) is 8.78 Å². The van der Waals surface area contributed by atoms with Gasteiger partial charge in [0.05, 0.1) is 22.3 Å². The predicted molar refractivity (Wildman–Crippen MR) is 160 cm³/mol. The number of carbonyl (C=O) groups is 2. The van der Waals surface area contributed by atoms with E-state index in [1.165, 1.54) is 36.4 Å². The molecule has 3 aromatic carbocycles. The molecule has 0 bridgehead atoms. The third-order valence-electron chi connectivity index (χ3n) is 7.28. The van der Waals surface area contributed by atoms with E-state index in [2.05, 4.69) is 10.2 Å². The summed E-state index contributed by atoms with van der Waals surface area (Å²) in [4.78, 5) is 28.9. The molecular formula is C30H31Cl3F2N4O2. The van der Waals surface area contributed by atoms with Crippen LogP contribution in [0, 0.1) is 11.6 Å². The van der Waals surface area contributed by atoms with Crippen LogP contribution in [0.5, 0.6) is 0 Å². The van der Waals surface area contributed by atoms with Gasteiger partial charge in [-0.2, -0.15) is 0 Å². The molecule has 1 atom stereocenters. The monoisotopic (exact) mass is 622 g/mol. The third kappa shape index (κ3) is 8.63. The van der Waals surface area contributed by atoms with Crippen molar-refractivity contribution in [1.29, 1.82) is 0 Å². The summed E-state index contributed by atoms with van der Waals surface area (Å²) in [6.07, 6.45) is 2.40. The Morgan fingerprint density at radius 2 is 1.46 bits per heavy atom. The highest BCUT2D eigenvalue weighted by Gasteiger charge is 2.31. The van der Waals surface area contributed by atoms with E-state index in [4.69, 9.17) is 40.5 Å². The fourth-order valence-electron chi connectivity index (χ4n) is 5.18. The molecule has 2 amide bonds. The van der Waals surface area contributed by atoms with Gasteiger partial charge < -0.3 is 11.1 Å². The molecule has 0 aliphatic carbocycles. The van der Waals surface area contributed by atoms with Gasteiger partial charge in [-0.05, 0) is 66.9 Å². The van der Waals surface area contributed by atoms with E-state index >= 15 is 0 Å². The van der Waals surface area contributed by atoms with Gasteiger partial charge in [0, 0.05) is 30.6 Å². The minimum Gasteiger partial charge on any atom is -0.368 e. The summed E-state index contributed by atoms with van der Waals surface area (Å²) in [5, 5.41) is 3.55. The van der Waals surface area contributed by atoms with Crippen LogP contribution in [0.1, 0.15) is 36.3 Å². The number of nitrogens with zero attached hydrogens (tertiary/aromatic N) is 2. The average molecular weight is 624 g/mol. The highest BCUT2D eigenvalue weighted by molar-refractivity contribution is 6.42. The average Bonchev–Trinajstić information content (AvgIpc) is 2.92. The van der Waals surface area contributed by atoms with E-state index in [-0.39, 0.29) is 45.7 Å². The standard InChI is InChI=1S/C30H31Cl3F2N4O2/c31-21-15-25(32)29(26(33)16-21)37-28(40)18-38-13-14-39(27(17-38)30(36)41)12-2-1-3-24(19-4-8-22(34)9-5-19)20-6-10-23(35)11-7-20/h4-11,15-16,24,27H,1-3,12-14,17-18H2,(H2,36,41)(H,37,40). The molecule has 0 spiro atoms. The first-order valence-electron chi connectivity index (χ1n) is 13.3. The third-order valence-corrected chi connectivity index (χ3v) is 8.09. The zero-order chi connectivity index (χ0) is 29.5. The fourth-order valence-corrected chi connectivity index (χ4v) is 6.09. The normalized spacial score (nSPS) is 16.2. The smallest absolute Gasteiger partial charge is 0.238 e. The second kappa shape index (κ2) is 14.4. The second-order valence-corrected chi connectivity index (χ2v) is 11.4. The number of hydrogen-bond acceptors (Lipinski definition) is 4. The van der Waals surface area contributed by atoms with Crippen LogP contribution in [0.15, 0.2) is 60.7 Å². The van der Waals surface area contributed by atoms with Crippen LogP contribution in [-0.2, 0) is 9.59 Å². The molecule has 218 valence electrons. The number of carbonyl (C=O) groups excluding carboxylic acids is 2. The number of halogens is 5. The summed E-state index contributed by atoms with van der Waals surface area (Å²) in [6.45, 7) is 2.17. The quantitative estimate of drug-likeness (QED) is 0.245. The Balaban J connectivity index is 1.31. The lowest BCUT2D eigenvalue weighted by atomic mass is 9.87. The molecule has 3 aromatic rings. The van der Waals surface area contributed by atoms with Gasteiger partial charge in [-0.15, -0.1) is 0 Å². The van der Waals surface area contributed by atoms with Gasteiger partial charge in [0.1, 0.15) is 17.7 Å². The molecule has 0 saturated carbocycles. The molecule has 0 aromatic heterocycles. The van der Waals surface area contributed by atoms with Crippen LogP contribution >= 0.6 is 34.8 Å². The second-order valence-electron chi connectivity index (χ2n) is 10.1. The topological polar surface area (TPSA) is 78.7 Å². The maximum atomic E-state index is 13.5. The maximum absolute atomic E-state index is 13.5. The summed E-state index contributed by atoms with van der Waals surface area (Å²) in [7, 11) is 0. The lowest BCUT2D eigenvalue weighted by Crippen LogP contribution is -2.59. The number of primary amides is 1. The first-order chi connectivity index (χ1) is 19.6. The first kappa shape index (κ1) is 31.2. The number of anilines is 1. The van der Waals surface area contributed by atoms with E-state index in [1.807, 2.05) is 4.90 Å². The zero-order valence-corrected chi connectivity index (χ0v) is 24.5. The van der Waals surface area contributed by atoms with Gasteiger partial charge in [0.15, 0.2) is 0 Å². The molecule has 1 unspecified atom stereocenters. The summed E-state index contributed by atoms with van der Waals surface area (Å²) < 4.78 is 27.1. The number of benzene rings is 3. The maximum Gasteiger partial charge on any atom is 0.238 e. The number of nitrogens with one attached hydrogen (secondary N) is 1. The van der Waals surface area contributed by atoms with Crippen LogP contribution in [0.2, 0.25) is 15.1 Å². The number of rotatable bonds is 11. The molecule has 1 fully saturated rings. The van der Waals surface area contributed by atoms with E-state index in [0.717, 1.165) is 30.4 Å². The van der Waals surface area contributed by atoms with Gasteiger partial charge >= 0.3 is 0 Å². The number of piperazine rings is 1. The Bertz CT molecular complexity index is 1290. The van der Waals surface area contributed by atoms with Crippen LogP contribution in [0.3, 0.4) is 0 Å². The van der Waals surface area contributed by atoms with Crippen LogP contribution < -0.4 is 11.1 Å². The van der Waals surface area contributed by atoms with Gasteiger partial charge in [0.2, 0.25) is 11.8 Å². The molecule has 4 rings (SSSR count). The largest absolute Gasteiger partial charge is 0.368 e. The van der Waals surface area contributed by atoms with Crippen molar-refractivity contribution >= 4 is 52.3 Å². The van der Waals surface area contributed by atoms with Crippen molar-refractivity contribution in [3.63, 3.8) is 0 Å². The zero-order valence-electron chi connectivity index (χ0n) is 22.3.